The molecule has 0 radical (unpaired) electrons. The maximum absolute atomic E-state index is 12.1. The predicted molar refractivity (Wildman–Crippen MR) is 89.2 cm³/mol. The topological polar surface area (TPSA) is 38.3 Å². The maximum Gasteiger partial charge on any atom is 0.237 e. The zero-order valence-electron chi connectivity index (χ0n) is 12.1. The minimum absolute atomic E-state index is 0.127. The van der Waals surface area contributed by atoms with Gasteiger partial charge in [0.2, 0.25) is 5.91 Å². The highest BCUT2D eigenvalue weighted by molar-refractivity contribution is 7.81. The number of benzene rings is 2. The van der Waals surface area contributed by atoms with Crippen LogP contribution in [0.1, 0.15) is 13.8 Å². The van der Waals surface area contributed by atoms with Gasteiger partial charge in [-0.3, -0.25) is 4.79 Å². The fraction of sp³-hybridized carbons (Fsp3) is 0.235. The molecule has 0 aliphatic carbocycles. The average Bonchev–Trinajstić information content (AvgIpc) is 2.49. The molecule has 1 N–H and O–H groups in total. The average molecular weight is 301 g/mol. The number of ether oxygens (including phenoxy) is 1. The summed E-state index contributed by atoms with van der Waals surface area (Å²) in [5.41, 5.74) is 0.644. The number of carbonyl (C=O) groups is 1. The van der Waals surface area contributed by atoms with Crippen molar-refractivity contribution in [3.63, 3.8) is 0 Å². The zero-order chi connectivity index (χ0) is 15.2. The first-order valence-electron chi connectivity index (χ1n) is 6.89. The second-order valence-electron chi connectivity index (χ2n) is 5.09. The van der Waals surface area contributed by atoms with E-state index >= 15 is 0 Å². The number of hydrogen-bond acceptors (Lipinski definition) is 3. The zero-order valence-corrected chi connectivity index (χ0v) is 13.0. The van der Waals surface area contributed by atoms with E-state index in [1.807, 2.05) is 68.4 Å². The summed E-state index contributed by atoms with van der Waals surface area (Å²) in [4.78, 5) is 12.1. The van der Waals surface area contributed by atoms with E-state index in [1.54, 1.807) is 0 Å². The van der Waals surface area contributed by atoms with Crippen LogP contribution in [0.25, 0.3) is 0 Å². The van der Waals surface area contributed by atoms with Gasteiger partial charge in [-0.2, -0.15) is 12.6 Å². The van der Waals surface area contributed by atoms with Gasteiger partial charge in [0.25, 0.3) is 0 Å². The summed E-state index contributed by atoms with van der Waals surface area (Å²) in [7, 11) is 0. The highest BCUT2D eigenvalue weighted by Gasteiger charge is 2.19. The molecule has 0 heterocycles. The van der Waals surface area contributed by atoms with Crippen LogP contribution in [0.4, 0.5) is 5.69 Å². The third-order valence-electron chi connectivity index (χ3n) is 3.02. The molecule has 0 spiro atoms. The molecule has 0 aliphatic heterocycles. The molecule has 4 heteroatoms. The lowest BCUT2D eigenvalue weighted by molar-refractivity contribution is -0.116. The van der Waals surface area contributed by atoms with Crippen molar-refractivity contribution in [2.24, 2.45) is 5.92 Å². The second kappa shape index (κ2) is 7.18. The number of hydrogen-bond donors (Lipinski definition) is 2. The van der Waals surface area contributed by atoms with Crippen LogP contribution in [-0.4, -0.2) is 11.2 Å². The minimum atomic E-state index is -0.352. The Kier molecular flexibility index (Phi) is 5.28. The van der Waals surface area contributed by atoms with E-state index in [9.17, 15) is 4.79 Å². The van der Waals surface area contributed by atoms with E-state index in [4.69, 9.17) is 4.74 Å². The molecular formula is C17H19NO2S. The Bertz CT molecular complexity index is 599. The Balaban J connectivity index is 2.16. The molecule has 2 aromatic carbocycles. The first-order chi connectivity index (χ1) is 10.1. The highest BCUT2D eigenvalue weighted by atomic mass is 32.1. The van der Waals surface area contributed by atoms with Crippen LogP contribution < -0.4 is 10.1 Å². The summed E-state index contributed by atoms with van der Waals surface area (Å²) < 4.78 is 5.81. The standard InChI is InChI=1S/C17H19NO2S/c1-12(2)16(21)17(19)18-14-10-6-7-11-15(14)20-13-8-4-3-5-9-13/h3-12,16,21H,1-2H3,(H,18,19). The van der Waals surface area contributed by atoms with Crippen molar-refractivity contribution in [3.05, 3.63) is 54.6 Å². The predicted octanol–water partition coefficient (Wildman–Crippen LogP) is 4.37. The van der Waals surface area contributed by atoms with Crippen molar-refractivity contribution in [3.8, 4) is 11.5 Å². The number of anilines is 1. The van der Waals surface area contributed by atoms with Crippen molar-refractivity contribution in [1.82, 2.24) is 0 Å². The van der Waals surface area contributed by atoms with Crippen LogP contribution in [0, 0.1) is 5.92 Å². The first-order valence-corrected chi connectivity index (χ1v) is 7.40. The third-order valence-corrected chi connectivity index (χ3v) is 3.85. The van der Waals surface area contributed by atoms with Gasteiger partial charge in [-0.1, -0.05) is 44.2 Å². The molecule has 0 saturated carbocycles. The van der Waals surface area contributed by atoms with E-state index in [2.05, 4.69) is 17.9 Å². The van der Waals surface area contributed by atoms with Crippen LogP contribution in [0.3, 0.4) is 0 Å². The SMILES string of the molecule is CC(C)C(S)C(=O)Nc1ccccc1Oc1ccccc1. The van der Waals surface area contributed by atoms with Gasteiger partial charge >= 0.3 is 0 Å². The monoisotopic (exact) mass is 301 g/mol. The molecule has 110 valence electrons. The van der Waals surface area contributed by atoms with Gasteiger partial charge in [0.15, 0.2) is 5.75 Å². The molecule has 1 atom stereocenters. The van der Waals surface area contributed by atoms with Gasteiger partial charge in [-0.15, -0.1) is 0 Å². The van der Waals surface area contributed by atoms with Gasteiger partial charge in [0.05, 0.1) is 10.9 Å². The van der Waals surface area contributed by atoms with Crippen LogP contribution >= 0.6 is 12.6 Å². The Morgan fingerprint density at radius 2 is 1.67 bits per heavy atom. The van der Waals surface area contributed by atoms with Gasteiger partial charge in [-0.25, -0.2) is 0 Å². The van der Waals surface area contributed by atoms with E-state index in [0.717, 1.165) is 5.75 Å². The highest BCUT2D eigenvalue weighted by Crippen LogP contribution is 2.29. The number of rotatable bonds is 5. The lowest BCUT2D eigenvalue weighted by Crippen LogP contribution is -2.27. The van der Waals surface area contributed by atoms with Crippen LogP contribution in [-0.2, 0) is 4.79 Å². The second-order valence-corrected chi connectivity index (χ2v) is 5.65. The number of amides is 1. The summed E-state index contributed by atoms with van der Waals surface area (Å²) in [6, 6.07) is 16.8. The fourth-order valence-corrected chi connectivity index (χ4v) is 1.85. The van der Waals surface area contributed by atoms with Gasteiger partial charge < -0.3 is 10.1 Å². The Morgan fingerprint density at radius 3 is 2.33 bits per heavy atom. The van der Waals surface area contributed by atoms with Crippen molar-refractivity contribution in [1.29, 1.82) is 0 Å². The normalized spacial score (nSPS) is 12.0. The minimum Gasteiger partial charge on any atom is -0.455 e. The fourth-order valence-electron chi connectivity index (χ4n) is 1.78. The van der Waals surface area contributed by atoms with Crippen LogP contribution in [0.5, 0.6) is 11.5 Å². The van der Waals surface area contributed by atoms with E-state index in [-0.39, 0.29) is 17.1 Å². The number of thiol groups is 1. The van der Waals surface area contributed by atoms with Gasteiger partial charge in [-0.05, 0) is 30.2 Å². The Labute approximate surface area is 130 Å². The van der Waals surface area contributed by atoms with Crippen molar-refractivity contribution >= 4 is 24.2 Å². The summed E-state index contributed by atoms with van der Waals surface area (Å²) in [5, 5.41) is 2.52. The summed E-state index contributed by atoms with van der Waals surface area (Å²) in [6.07, 6.45) is 0. The molecule has 0 bridgehead atoms. The molecule has 0 aliphatic rings. The molecule has 21 heavy (non-hydrogen) atoms. The molecule has 2 rings (SSSR count). The molecule has 2 aromatic rings. The Morgan fingerprint density at radius 1 is 1.05 bits per heavy atom. The quantitative estimate of drug-likeness (QED) is 0.805. The van der Waals surface area contributed by atoms with Crippen molar-refractivity contribution in [2.45, 2.75) is 19.1 Å². The van der Waals surface area contributed by atoms with Crippen LogP contribution in [0.15, 0.2) is 54.6 Å². The number of carbonyl (C=O) groups excluding carboxylic acids is 1. The molecule has 3 nitrogen and oxygen atoms in total. The largest absolute Gasteiger partial charge is 0.455 e. The van der Waals surface area contributed by atoms with E-state index < -0.39 is 0 Å². The van der Waals surface area contributed by atoms with Crippen molar-refractivity contribution in [2.75, 3.05) is 5.32 Å². The lowest BCUT2D eigenvalue weighted by atomic mass is 10.1. The molecule has 0 fully saturated rings. The van der Waals surface area contributed by atoms with E-state index in [0.29, 0.717) is 11.4 Å². The molecule has 1 amide bonds. The molecule has 0 aromatic heterocycles. The van der Waals surface area contributed by atoms with Gasteiger partial charge in [0, 0.05) is 0 Å². The summed E-state index contributed by atoms with van der Waals surface area (Å²) in [6.45, 7) is 3.92. The van der Waals surface area contributed by atoms with Crippen molar-refractivity contribution < 1.29 is 9.53 Å². The maximum atomic E-state index is 12.1. The third kappa shape index (κ3) is 4.26. The first kappa shape index (κ1) is 15.4. The van der Waals surface area contributed by atoms with Crippen LogP contribution in [0.2, 0.25) is 0 Å². The number of para-hydroxylation sites is 3. The van der Waals surface area contributed by atoms with E-state index in [1.165, 1.54) is 0 Å². The molecule has 0 saturated heterocycles. The summed E-state index contributed by atoms with van der Waals surface area (Å²) >= 11 is 4.33. The smallest absolute Gasteiger partial charge is 0.237 e. The molecule has 1 unspecified atom stereocenters. The molecular weight excluding hydrogens is 282 g/mol. The Hall–Kier alpha value is -1.94. The number of nitrogens with one attached hydrogen (secondary N) is 1. The summed E-state index contributed by atoms with van der Waals surface area (Å²) in [5.74, 6) is 1.37. The van der Waals surface area contributed by atoms with Gasteiger partial charge in [0.1, 0.15) is 5.75 Å². The lowest BCUT2D eigenvalue weighted by Gasteiger charge is -2.16.